The van der Waals surface area contributed by atoms with E-state index >= 15 is 0 Å². The van der Waals surface area contributed by atoms with Gasteiger partial charge in [-0.05, 0) is 18.2 Å². The zero-order valence-electron chi connectivity index (χ0n) is 11.1. The largest absolute Gasteiger partial charge is 0.465 e. The van der Waals surface area contributed by atoms with Crippen LogP contribution >= 0.6 is 11.6 Å². The van der Waals surface area contributed by atoms with Crippen LogP contribution in [0.2, 0.25) is 0 Å². The van der Waals surface area contributed by atoms with Gasteiger partial charge in [0.1, 0.15) is 0 Å². The lowest BCUT2D eigenvalue weighted by atomic mass is 10.1. The molecule has 7 heteroatoms. The van der Waals surface area contributed by atoms with E-state index in [1.54, 1.807) is 0 Å². The van der Waals surface area contributed by atoms with Crippen LogP contribution in [0.4, 0.5) is 5.69 Å². The molecule has 0 aromatic heterocycles. The van der Waals surface area contributed by atoms with Gasteiger partial charge in [-0.2, -0.15) is 0 Å². The Bertz CT molecular complexity index is 529. The summed E-state index contributed by atoms with van der Waals surface area (Å²) in [5.41, 5.74) is 0.527. The highest BCUT2D eigenvalue weighted by Gasteiger charge is 2.17. The fraction of sp³-hybridized carbons (Fsp3) is 0.308. The minimum absolute atomic E-state index is 0.0879. The monoisotopic (exact) mass is 299 g/mol. The average molecular weight is 300 g/mol. The number of carbonyl (C=O) groups is 3. The third kappa shape index (κ3) is 3.96. The molecule has 20 heavy (non-hydrogen) atoms. The third-order valence-corrected chi connectivity index (χ3v) is 2.63. The number of hydrogen-bond acceptors (Lipinski definition) is 5. The van der Waals surface area contributed by atoms with Gasteiger partial charge in [-0.15, -0.1) is 11.6 Å². The standard InChI is InChI=1S/C13H14ClNO5/c1-19-12(17)8-3-4-9(13(18)20-2)10(7-8)15-11(16)5-6-14/h3-4,7H,5-6H2,1-2H3,(H,15,16). The van der Waals surface area contributed by atoms with Crippen LogP contribution in [0.5, 0.6) is 0 Å². The number of halogens is 1. The van der Waals surface area contributed by atoms with Gasteiger partial charge < -0.3 is 14.8 Å². The fourth-order valence-electron chi connectivity index (χ4n) is 1.48. The van der Waals surface area contributed by atoms with Crippen molar-refractivity contribution >= 4 is 35.1 Å². The number of methoxy groups -OCH3 is 2. The third-order valence-electron chi connectivity index (χ3n) is 2.44. The second-order valence-corrected chi connectivity index (χ2v) is 4.11. The first-order valence-electron chi connectivity index (χ1n) is 5.70. The van der Waals surface area contributed by atoms with Crippen molar-refractivity contribution in [1.82, 2.24) is 0 Å². The molecule has 0 unspecified atom stereocenters. The summed E-state index contributed by atoms with van der Waals surface area (Å²) in [6.07, 6.45) is 0.0879. The van der Waals surface area contributed by atoms with Crippen LogP contribution in [0.1, 0.15) is 27.1 Å². The minimum atomic E-state index is -0.623. The number of nitrogens with one attached hydrogen (secondary N) is 1. The van der Waals surface area contributed by atoms with Crippen LogP contribution in [0.15, 0.2) is 18.2 Å². The molecular formula is C13H14ClNO5. The molecule has 0 atom stereocenters. The van der Waals surface area contributed by atoms with E-state index in [1.165, 1.54) is 32.4 Å². The highest BCUT2D eigenvalue weighted by molar-refractivity contribution is 6.19. The Labute approximate surface area is 121 Å². The predicted octanol–water partition coefficient (Wildman–Crippen LogP) is 1.83. The van der Waals surface area contributed by atoms with Crippen LogP contribution in [-0.4, -0.2) is 37.9 Å². The lowest BCUT2D eigenvalue weighted by Crippen LogP contribution is -2.16. The Kier molecular flexibility index (Phi) is 5.99. The summed E-state index contributed by atoms with van der Waals surface area (Å²) in [5, 5.41) is 2.51. The van der Waals surface area contributed by atoms with Gasteiger partial charge in [-0.1, -0.05) is 0 Å². The molecule has 1 aromatic carbocycles. The molecule has 0 spiro atoms. The molecule has 0 aliphatic carbocycles. The van der Waals surface area contributed by atoms with Gasteiger partial charge in [-0.3, -0.25) is 4.79 Å². The second-order valence-electron chi connectivity index (χ2n) is 3.73. The summed E-state index contributed by atoms with van der Waals surface area (Å²) in [6, 6.07) is 4.15. The molecule has 0 radical (unpaired) electrons. The second kappa shape index (κ2) is 7.49. The SMILES string of the molecule is COC(=O)c1ccc(C(=O)OC)c(NC(=O)CCCl)c1. The number of ether oxygens (including phenoxy) is 2. The van der Waals surface area contributed by atoms with E-state index in [9.17, 15) is 14.4 Å². The van der Waals surface area contributed by atoms with Gasteiger partial charge in [0.2, 0.25) is 5.91 Å². The first-order chi connectivity index (χ1) is 9.53. The normalized spacial score (nSPS) is 9.75. The molecule has 1 N–H and O–H groups in total. The molecule has 0 fully saturated rings. The van der Waals surface area contributed by atoms with Crippen molar-refractivity contribution in [3.05, 3.63) is 29.3 Å². The summed E-state index contributed by atoms with van der Waals surface area (Å²) < 4.78 is 9.19. The topological polar surface area (TPSA) is 81.7 Å². The van der Waals surface area contributed by atoms with Crippen molar-refractivity contribution in [2.24, 2.45) is 0 Å². The lowest BCUT2D eigenvalue weighted by molar-refractivity contribution is -0.115. The van der Waals surface area contributed by atoms with Gasteiger partial charge in [0.15, 0.2) is 0 Å². The van der Waals surface area contributed by atoms with Gasteiger partial charge in [0.25, 0.3) is 0 Å². The Morgan fingerprint density at radius 1 is 1.15 bits per heavy atom. The van der Waals surface area contributed by atoms with Crippen molar-refractivity contribution in [2.75, 3.05) is 25.4 Å². The summed E-state index contributed by atoms with van der Waals surface area (Å²) in [4.78, 5) is 34.6. The Hall–Kier alpha value is -2.08. The lowest BCUT2D eigenvalue weighted by Gasteiger charge is -2.11. The molecule has 108 valence electrons. The van der Waals surface area contributed by atoms with E-state index in [1.807, 2.05) is 0 Å². The van der Waals surface area contributed by atoms with E-state index < -0.39 is 11.9 Å². The molecular weight excluding hydrogens is 286 g/mol. The molecule has 0 saturated carbocycles. The van der Waals surface area contributed by atoms with Crippen LogP contribution < -0.4 is 5.32 Å². The summed E-state index contributed by atoms with van der Waals surface area (Å²) in [5.74, 6) is -1.42. The van der Waals surface area contributed by atoms with Crippen molar-refractivity contribution in [3.8, 4) is 0 Å². The first-order valence-corrected chi connectivity index (χ1v) is 6.23. The van der Waals surface area contributed by atoms with Crippen LogP contribution in [0.3, 0.4) is 0 Å². The van der Waals surface area contributed by atoms with Crippen LogP contribution in [-0.2, 0) is 14.3 Å². The molecule has 1 rings (SSSR count). The van der Waals surface area contributed by atoms with Gasteiger partial charge in [-0.25, -0.2) is 9.59 Å². The molecule has 0 saturated heterocycles. The van der Waals surface area contributed by atoms with E-state index in [0.717, 1.165) is 0 Å². The molecule has 0 aliphatic heterocycles. The number of esters is 2. The van der Waals surface area contributed by atoms with Crippen LogP contribution in [0, 0.1) is 0 Å². The average Bonchev–Trinajstić information content (AvgIpc) is 2.45. The molecule has 0 bridgehead atoms. The Morgan fingerprint density at radius 3 is 2.35 bits per heavy atom. The quantitative estimate of drug-likeness (QED) is 0.662. The zero-order chi connectivity index (χ0) is 15.1. The van der Waals surface area contributed by atoms with E-state index in [0.29, 0.717) is 0 Å². The number of rotatable bonds is 5. The number of benzene rings is 1. The van der Waals surface area contributed by atoms with E-state index in [-0.39, 0.29) is 35.0 Å². The number of amides is 1. The van der Waals surface area contributed by atoms with E-state index in [4.69, 9.17) is 11.6 Å². The predicted molar refractivity (Wildman–Crippen MR) is 73.1 cm³/mol. The molecule has 1 aromatic rings. The first kappa shape index (κ1) is 16.0. The number of carbonyl (C=O) groups excluding carboxylic acids is 3. The Morgan fingerprint density at radius 2 is 1.80 bits per heavy atom. The summed E-state index contributed by atoms with van der Waals surface area (Å²) in [7, 11) is 2.46. The summed E-state index contributed by atoms with van der Waals surface area (Å²) >= 11 is 5.47. The van der Waals surface area contributed by atoms with Gasteiger partial charge in [0.05, 0.1) is 31.0 Å². The number of alkyl halides is 1. The number of hydrogen-bond donors (Lipinski definition) is 1. The summed E-state index contributed by atoms with van der Waals surface area (Å²) in [6.45, 7) is 0. The molecule has 0 aliphatic rings. The van der Waals surface area contributed by atoms with Crippen molar-refractivity contribution < 1.29 is 23.9 Å². The Balaban J connectivity index is 3.15. The van der Waals surface area contributed by atoms with Crippen molar-refractivity contribution in [3.63, 3.8) is 0 Å². The molecule has 0 heterocycles. The van der Waals surface area contributed by atoms with Gasteiger partial charge >= 0.3 is 11.9 Å². The highest BCUT2D eigenvalue weighted by Crippen LogP contribution is 2.20. The van der Waals surface area contributed by atoms with Gasteiger partial charge in [0, 0.05) is 12.3 Å². The van der Waals surface area contributed by atoms with Crippen LogP contribution in [0.25, 0.3) is 0 Å². The fourth-order valence-corrected chi connectivity index (χ4v) is 1.65. The molecule has 1 amide bonds. The minimum Gasteiger partial charge on any atom is -0.465 e. The maximum Gasteiger partial charge on any atom is 0.339 e. The van der Waals surface area contributed by atoms with E-state index in [2.05, 4.69) is 14.8 Å². The highest BCUT2D eigenvalue weighted by atomic mass is 35.5. The maximum absolute atomic E-state index is 11.6. The smallest absolute Gasteiger partial charge is 0.339 e. The van der Waals surface area contributed by atoms with Crippen molar-refractivity contribution in [2.45, 2.75) is 6.42 Å². The number of anilines is 1. The molecule has 6 nitrogen and oxygen atoms in total. The zero-order valence-corrected chi connectivity index (χ0v) is 11.8. The maximum atomic E-state index is 11.6. The van der Waals surface area contributed by atoms with Crippen molar-refractivity contribution in [1.29, 1.82) is 0 Å².